The summed E-state index contributed by atoms with van der Waals surface area (Å²) in [5, 5.41) is 0. The molecular formula is C8H11Cl2NO3. The maximum absolute atomic E-state index is 11.5. The lowest BCUT2D eigenvalue weighted by molar-refractivity contribution is -0.129. The lowest BCUT2D eigenvalue weighted by Gasteiger charge is -2.29. The lowest BCUT2D eigenvalue weighted by atomic mass is 9.98. The van der Waals surface area contributed by atoms with Crippen LogP contribution < -0.4 is 0 Å². The Morgan fingerprint density at radius 3 is 2.36 bits per heavy atom. The number of carbonyl (C=O) groups is 2. The summed E-state index contributed by atoms with van der Waals surface area (Å²) in [5.74, 6) is -0.646. The van der Waals surface area contributed by atoms with Crippen LogP contribution in [-0.2, 0) is 9.53 Å². The molecule has 0 saturated carbocycles. The Balaban J connectivity index is 2.98. The van der Waals surface area contributed by atoms with Gasteiger partial charge in [-0.2, -0.15) is 0 Å². The molecule has 4 nitrogen and oxygen atoms in total. The Morgan fingerprint density at radius 2 is 2.07 bits per heavy atom. The predicted octanol–water partition coefficient (Wildman–Crippen LogP) is 1.94. The molecule has 2 amide bonds. The molecule has 80 valence electrons. The van der Waals surface area contributed by atoms with Gasteiger partial charge in [-0.1, -0.05) is 23.2 Å². The van der Waals surface area contributed by atoms with Crippen LogP contribution in [0.15, 0.2) is 0 Å². The maximum Gasteiger partial charge on any atom is 0.417 e. The summed E-state index contributed by atoms with van der Waals surface area (Å²) in [5.41, 5.74) is -0.712. The van der Waals surface area contributed by atoms with Crippen LogP contribution in [0.25, 0.3) is 0 Å². The van der Waals surface area contributed by atoms with Crippen LogP contribution in [0.1, 0.15) is 20.8 Å². The Morgan fingerprint density at radius 1 is 1.57 bits per heavy atom. The van der Waals surface area contributed by atoms with Gasteiger partial charge in [0.1, 0.15) is 6.10 Å². The number of nitrogens with zero attached hydrogens (tertiary/aromatic N) is 1. The second-order valence-electron chi connectivity index (χ2n) is 3.65. The van der Waals surface area contributed by atoms with Gasteiger partial charge < -0.3 is 4.74 Å². The van der Waals surface area contributed by atoms with Gasteiger partial charge in [-0.05, 0) is 20.8 Å². The zero-order valence-electron chi connectivity index (χ0n) is 8.08. The number of hydrogen-bond acceptors (Lipinski definition) is 3. The maximum atomic E-state index is 11.5. The molecule has 1 rings (SSSR count). The highest BCUT2D eigenvalue weighted by Crippen LogP contribution is 2.31. The molecule has 0 aromatic rings. The first-order valence-corrected chi connectivity index (χ1v) is 4.98. The summed E-state index contributed by atoms with van der Waals surface area (Å²) in [6.45, 7) is 5.15. The Bertz CT molecular complexity index is 278. The average Bonchev–Trinajstić information content (AvgIpc) is 2.21. The van der Waals surface area contributed by atoms with Gasteiger partial charge in [0, 0.05) is 0 Å². The molecule has 0 spiro atoms. The molecule has 1 aliphatic rings. The molecule has 1 fully saturated rings. The summed E-state index contributed by atoms with van der Waals surface area (Å²) in [6.07, 6.45) is -1.06. The first-order chi connectivity index (χ1) is 6.28. The molecular weight excluding hydrogens is 229 g/mol. The van der Waals surface area contributed by atoms with Crippen LogP contribution in [0.5, 0.6) is 0 Å². The minimum atomic E-state index is -1.24. The Labute approximate surface area is 92.1 Å². The number of hydrogen-bond donors (Lipinski definition) is 0. The smallest absolute Gasteiger partial charge is 0.417 e. The van der Waals surface area contributed by atoms with Crippen LogP contribution in [-0.4, -0.2) is 33.4 Å². The number of alkyl halides is 2. The van der Waals surface area contributed by atoms with Gasteiger partial charge in [-0.25, -0.2) is 9.69 Å². The summed E-state index contributed by atoms with van der Waals surface area (Å²) < 4.78 is 4.91. The fraction of sp³-hybridized carbons (Fsp3) is 0.750. The summed E-state index contributed by atoms with van der Waals surface area (Å²) in [4.78, 5) is 22.5. The standard InChI is InChI=1S/C8H11Cl2NO3/c1-4-8(2,3)11(7(13)14-4)6(12)5(9)10/h4-5H,1-3H3. The number of rotatable bonds is 1. The quantitative estimate of drug-likeness (QED) is 0.658. The van der Waals surface area contributed by atoms with Crippen LogP contribution in [0.4, 0.5) is 4.79 Å². The van der Waals surface area contributed by atoms with Crippen molar-refractivity contribution < 1.29 is 14.3 Å². The van der Waals surface area contributed by atoms with Crippen LogP contribution in [0.3, 0.4) is 0 Å². The van der Waals surface area contributed by atoms with Gasteiger partial charge in [0.2, 0.25) is 0 Å². The van der Waals surface area contributed by atoms with Gasteiger partial charge in [-0.15, -0.1) is 0 Å². The molecule has 1 atom stereocenters. The second-order valence-corrected chi connectivity index (χ2v) is 4.75. The molecule has 1 heterocycles. The fourth-order valence-electron chi connectivity index (χ4n) is 1.24. The zero-order valence-corrected chi connectivity index (χ0v) is 9.59. The third-order valence-corrected chi connectivity index (χ3v) is 2.81. The molecule has 14 heavy (non-hydrogen) atoms. The molecule has 0 aliphatic carbocycles. The van der Waals surface area contributed by atoms with Crippen molar-refractivity contribution in [2.75, 3.05) is 0 Å². The number of imide groups is 1. The van der Waals surface area contributed by atoms with E-state index in [1.54, 1.807) is 20.8 Å². The van der Waals surface area contributed by atoms with Crippen molar-refractivity contribution in [3.8, 4) is 0 Å². The normalized spacial score (nSPS) is 25.4. The van der Waals surface area contributed by atoms with Crippen molar-refractivity contribution >= 4 is 35.2 Å². The van der Waals surface area contributed by atoms with Crippen LogP contribution >= 0.6 is 23.2 Å². The minimum absolute atomic E-state index is 0.369. The van der Waals surface area contributed by atoms with Crippen molar-refractivity contribution in [2.45, 2.75) is 37.3 Å². The van der Waals surface area contributed by atoms with Crippen molar-refractivity contribution in [3.05, 3.63) is 0 Å². The van der Waals surface area contributed by atoms with Crippen molar-refractivity contribution in [1.82, 2.24) is 4.90 Å². The molecule has 0 bridgehead atoms. The average molecular weight is 240 g/mol. The fourth-order valence-corrected chi connectivity index (χ4v) is 1.43. The Hall–Kier alpha value is -0.480. The molecule has 0 aromatic heterocycles. The van der Waals surface area contributed by atoms with E-state index in [1.807, 2.05) is 0 Å². The van der Waals surface area contributed by atoms with E-state index in [9.17, 15) is 9.59 Å². The van der Waals surface area contributed by atoms with Gasteiger partial charge >= 0.3 is 6.09 Å². The van der Waals surface area contributed by atoms with Gasteiger partial charge in [0.25, 0.3) is 5.91 Å². The minimum Gasteiger partial charge on any atom is -0.444 e. The monoisotopic (exact) mass is 239 g/mol. The molecule has 1 saturated heterocycles. The van der Waals surface area contributed by atoms with E-state index in [-0.39, 0.29) is 6.10 Å². The molecule has 6 heteroatoms. The van der Waals surface area contributed by atoms with Crippen molar-refractivity contribution in [1.29, 1.82) is 0 Å². The highest BCUT2D eigenvalue weighted by Gasteiger charge is 2.50. The number of cyclic esters (lactones) is 1. The number of ether oxygens (including phenoxy) is 1. The number of amides is 2. The third kappa shape index (κ3) is 1.68. The number of carbonyl (C=O) groups excluding carboxylic acids is 2. The van der Waals surface area contributed by atoms with E-state index in [1.165, 1.54) is 0 Å². The summed E-state index contributed by atoms with van der Waals surface area (Å²) in [6, 6.07) is 0. The van der Waals surface area contributed by atoms with E-state index < -0.39 is 22.4 Å². The van der Waals surface area contributed by atoms with Gasteiger partial charge in [0.15, 0.2) is 4.84 Å². The highest BCUT2D eigenvalue weighted by molar-refractivity contribution is 6.54. The topological polar surface area (TPSA) is 46.6 Å². The van der Waals surface area contributed by atoms with Gasteiger partial charge in [0.05, 0.1) is 5.54 Å². The largest absolute Gasteiger partial charge is 0.444 e. The molecule has 0 N–H and O–H groups in total. The van der Waals surface area contributed by atoms with Gasteiger partial charge in [-0.3, -0.25) is 4.79 Å². The Kier molecular flexibility index (Phi) is 2.97. The SMILES string of the molecule is CC1OC(=O)N(C(=O)C(Cl)Cl)C1(C)C. The van der Waals surface area contributed by atoms with Crippen LogP contribution in [0.2, 0.25) is 0 Å². The number of halogens is 2. The molecule has 0 radical (unpaired) electrons. The van der Waals surface area contributed by atoms with E-state index in [2.05, 4.69) is 0 Å². The van der Waals surface area contributed by atoms with Crippen molar-refractivity contribution in [3.63, 3.8) is 0 Å². The van der Waals surface area contributed by atoms with Crippen LogP contribution in [0, 0.1) is 0 Å². The van der Waals surface area contributed by atoms with E-state index in [4.69, 9.17) is 27.9 Å². The predicted molar refractivity (Wildman–Crippen MR) is 52.4 cm³/mol. The van der Waals surface area contributed by atoms with E-state index in [0.29, 0.717) is 0 Å². The van der Waals surface area contributed by atoms with E-state index >= 15 is 0 Å². The first-order valence-electron chi connectivity index (χ1n) is 4.11. The summed E-state index contributed by atoms with van der Waals surface area (Å²) in [7, 11) is 0. The molecule has 1 aliphatic heterocycles. The molecule has 0 aromatic carbocycles. The van der Waals surface area contributed by atoms with E-state index in [0.717, 1.165) is 4.90 Å². The summed E-state index contributed by atoms with van der Waals surface area (Å²) >= 11 is 10.8. The zero-order chi connectivity index (χ0) is 11.1. The lowest BCUT2D eigenvalue weighted by Crippen LogP contribution is -2.50. The first kappa shape index (κ1) is 11.6. The molecule has 1 unspecified atom stereocenters. The van der Waals surface area contributed by atoms with Crippen molar-refractivity contribution in [2.24, 2.45) is 0 Å². The highest BCUT2D eigenvalue weighted by atomic mass is 35.5. The second kappa shape index (κ2) is 3.59. The third-order valence-electron chi connectivity index (χ3n) is 2.44.